The molecule has 1 rings (SSSR count). The molecule has 0 amide bonds. The van der Waals surface area contributed by atoms with E-state index in [9.17, 15) is 13.2 Å². The number of halogens is 3. The van der Waals surface area contributed by atoms with Crippen LogP contribution in [-0.2, 0) is 15.0 Å². The van der Waals surface area contributed by atoms with Crippen LogP contribution in [0.5, 0.6) is 0 Å². The maximum atomic E-state index is 10.7. The molecule has 1 aliphatic heterocycles. The quantitative estimate of drug-likeness (QED) is 0.558. The summed E-state index contributed by atoms with van der Waals surface area (Å²) in [7, 11) is -5.84. The molecule has 1 N–H and O–H groups in total. The van der Waals surface area contributed by atoms with E-state index in [1.807, 2.05) is 11.1 Å². The molecule has 0 bridgehead atoms. The zero-order valence-electron chi connectivity index (χ0n) is 7.73. The number of rotatable bonds is 1. The lowest BCUT2D eigenvalue weighted by molar-refractivity contribution is -0.0704. The van der Waals surface area contributed by atoms with Crippen molar-refractivity contribution >= 4 is 10.1 Å². The molecular formula is C6H10F3NO4S. The molecule has 1 heterocycles. The fourth-order valence-corrected chi connectivity index (χ4v) is 0.536. The van der Waals surface area contributed by atoms with Gasteiger partial charge in [-0.05, 0) is 13.0 Å². The highest BCUT2D eigenvalue weighted by Gasteiger charge is 2.44. The minimum Gasteiger partial charge on any atom is -0.414 e. The fourth-order valence-electron chi connectivity index (χ4n) is 0.536. The Balaban J connectivity index is 0.000000262. The van der Waals surface area contributed by atoms with E-state index in [1.54, 1.807) is 6.26 Å². The summed E-state index contributed by atoms with van der Waals surface area (Å²) in [4.78, 5) is 4.95. The first-order valence-electron chi connectivity index (χ1n) is 3.79. The van der Waals surface area contributed by atoms with E-state index in [1.165, 1.54) is 0 Å². The van der Waals surface area contributed by atoms with Crippen molar-refractivity contribution in [2.24, 2.45) is 0 Å². The Kier molecular flexibility index (Phi) is 5.05. The predicted molar refractivity (Wildman–Crippen MR) is 45.1 cm³/mol. The van der Waals surface area contributed by atoms with E-state index in [4.69, 9.17) is 17.8 Å². The zero-order chi connectivity index (χ0) is 12.1. The van der Waals surface area contributed by atoms with Crippen molar-refractivity contribution in [1.82, 2.24) is 5.06 Å². The monoisotopic (exact) mass is 249 g/mol. The number of hydrogen-bond acceptors (Lipinski definition) is 4. The third kappa shape index (κ3) is 5.60. The number of hydroxylamine groups is 2. The third-order valence-electron chi connectivity index (χ3n) is 1.26. The fraction of sp³-hybridized carbons (Fsp3) is 0.667. The van der Waals surface area contributed by atoms with Crippen molar-refractivity contribution in [1.29, 1.82) is 0 Å². The SMILES string of the molecule is CCN1CC=CO1.O=S(=O)(O)C(F)(F)F. The van der Waals surface area contributed by atoms with Crippen LogP contribution in [0.2, 0.25) is 0 Å². The number of nitrogens with zero attached hydrogens (tertiary/aromatic N) is 1. The minimum absolute atomic E-state index is 0.941. The Labute approximate surface area is 84.8 Å². The topological polar surface area (TPSA) is 66.8 Å². The number of hydrogen-bond donors (Lipinski definition) is 1. The highest BCUT2D eigenvalue weighted by atomic mass is 32.2. The van der Waals surface area contributed by atoms with Gasteiger partial charge >= 0.3 is 15.6 Å². The Bertz CT molecular complexity index is 303. The van der Waals surface area contributed by atoms with Crippen LogP contribution in [0.15, 0.2) is 12.3 Å². The molecule has 0 aromatic heterocycles. The van der Waals surface area contributed by atoms with Crippen molar-refractivity contribution in [3.63, 3.8) is 0 Å². The molecule has 0 aromatic carbocycles. The highest BCUT2D eigenvalue weighted by molar-refractivity contribution is 7.86. The van der Waals surface area contributed by atoms with Crippen LogP contribution in [0.4, 0.5) is 13.2 Å². The maximum absolute atomic E-state index is 10.7. The molecule has 15 heavy (non-hydrogen) atoms. The van der Waals surface area contributed by atoms with Crippen LogP contribution in [0.1, 0.15) is 6.92 Å². The molecule has 0 saturated carbocycles. The van der Waals surface area contributed by atoms with Gasteiger partial charge in [-0.25, -0.2) is 0 Å². The lowest BCUT2D eigenvalue weighted by atomic mass is 10.6. The van der Waals surface area contributed by atoms with Crippen LogP contribution >= 0.6 is 0 Å². The Morgan fingerprint density at radius 3 is 2.13 bits per heavy atom. The largest absolute Gasteiger partial charge is 0.522 e. The summed E-state index contributed by atoms with van der Waals surface area (Å²) >= 11 is 0. The average molecular weight is 249 g/mol. The minimum atomic E-state index is -5.84. The van der Waals surface area contributed by atoms with E-state index in [-0.39, 0.29) is 0 Å². The molecule has 0 fully saturated rings. The van der Waals surface area contributed by atoms with E-state index < -0.39 is 15.6 Å². The molecule has 0 atom stereocenters. The van der Waals surface area contributed by atoms with Gasteiger partial charge < -0.3 is 4.84 Å². The van der Waals surface area contributed by atoms with Crippen LogP contribution in [-0.4, -0.2) is 36.6 Å². The summed E-state index contributed by atoms with van der Waals surface area (Å²) in [5, 5.41) is 1.88. The van der Waals surface area contributed by atoms with E-state index >= 15 is 0 Å². The third-order valence-corrected chi connectivity index (χ3v) is 1.85. The molecule has 1 aliphatic rings. The molecule has 90 valence electrons. The van der Waals surface area contributed by atoms with Gasteiger partial charge in [-0.15, -0.1) is 5.06 Å². The van der Waals surface area contributed by atoms with Crippen molar-refractivity contribution in [3.8, 4) is 0 Å². The molecule has 0 saturated heterocycles. The summed E-state index contributed by atoms with van der Waals surface area (Å²) in [6.45, 7) is 3.97. The van der Waals surface area contributed by atoms with E-state index in [0.29, 0.717) is 0 Å². The lowest BCUT2D eigenvalue weighted by Crippen LogP contribution is -2.21. The van der Waals surface area contributed by atoms with Gasteiger partial charge in [0, 0.05) is 6.54 Å². The zero-order valence-corrected chi connectivity index (χ0v) is 8.55. The molecule has 0 unspecified atom stereocenters. The molecule has 0 aromatic rings. The summed E-state index contributed by atoms with van der Waals surface area (Å²) in [5.74, 6) is 0. The normalized spacial score (nSPS) is 16.9. The summed E-state index contributed by atoms with van der Waals surface area (Å²) in [5.41, 5.74) is -5.53. The van der Waals surface area contributed by atoms with Gasteiger partial charge in [-0.3, -0.25) is 4.55 Å². The molecule has 5 nitrogen and oxygen atoms in total. The van der Waals surface area contributed by atoms with Crippen molar-refractivity contribution in [2.75, 3.05) is 13.1 Å². The molecular weight excluding hydrogens is 239 g/mol. The average Bonchev–Trinajstić information content (AvgIpc) is 2.52. The number of alkyl halides is 3. The van der Waals surface area contributed by atoms with Crippen LogP contribution in [0.25, 0.3) is 0 Å². The molecule has 0 spiro atoms. The van der Waals surface area contributed by atoms with Gasteiger partial charge in [-0.2, -0.15) is 21.6 Å². The first-order chi connectivity index (χ1) is 6.68. The molecule has 0 radical (unpaired) electrons. The maximum Gasteiger partial charge on any atom is 0.522 e. The van der Waals surface area contributed by atoms with Crippen LogP contribution in [0.3, 0.4) is 0 Å². The predicted octanol–water partition coefficient (Wildman–Crippen LogP) is 1.16. The Morgan fingerprint density at radius 1 is 1.53 bits per heavy atom. The first-order valence-corrected chi connectivity index (χ1v) is 5.23. The second-order valence-corrected chi connectivity index (χ2v) is 3.79. The van der Waals surface area contributed by atoms with Crippen LogP contribution < -0.4 is 0 Å². The van der Waals surface area contributed by atoms with Gasteiger partial charge in [-0.1, -0.05) is 0 Å². The Morgan fingerprint density at radius 2 is 2.00 bits per heavy atom. The van der Waals surface area contributed by atoms with E-state index in [2.05, 4.69) is 6.92 Å². The first kappa shape index (κ1) is 14.2. The van der Waals surface area contributed by atoms with Crippen molar-refractivity contribution in [3.05, 3.63) is 12.3 Å². The Hall–Kier alpha value is -0.800. The van der Waals surface area contributed by atoms with Crippen LogP contribution in [0, 0.1) is 0 Å². The second-order valence-electron chi connectivity index (χ2n) is 2.38. The summed E-state index contributed by atoms with van der Waals surface area (Å²) in [6, 6.07) is 0. The lowest BCUT2D eigenvalue weighted by Gasteiger charge is -2.08. The van der Waals surface area contributed by atoms with Gasteiger partial charge in [0.15, 0.2) is 0 Å². The standard InChI is InChI=1S/C5H9NO.CHF3O3S/c1-2-6-4-3-5-7-6;2-1(3,4)8(5,6)7/h3,5H,2,4H2,1H3;(H,5,6,7). The summed E-state index contributed by atoms with van der Waals surface area (Å²) < 4.78 is 57.5. The molecule has 9 heteroatoms. The van der Waals surface area contributed by atoms with Crippen molar-refractivity contribution < 1.29 is 31.0 Å². The molecule has 0 aliphatic carbocycles. The number of likely N-dealkylation sites (N-methyl/N-ethyl adjacent to an activating group) is 1. The smallest absolute Gasteiger partial charge is 0.414 e. The second kappa shape index (κ2) is 5.33. The van der Waals surface area contributed by atoms with Gasteiger partial charge in [0.1, 0.15) is 6.26 Å². The van der Waals surface area contributed by atoms with Gasteiger partial charge in [0.05, 0.1) is 6.54 Å². The van der Waals surface area contributed by atoms with Gasteiger partial charge in [0.25, 0.3) is 0 Å². The van der Waals surface area contributed by atoms with Gasteiger partial charge in [0.2, 0.25) is 0 Å². The van der Waals surface area contributed by atoms with Crippen molar-refractivity contribution in [2.45, 2.75) is 12.4 Å². The summed E-state index contributed by atoms with van der Waals surface area (Å²) in [6.07, 6.45) is 3.70. The highest BCUT2D eigenvalue weighted by Crippen LogP contribution is 2.20. The van der Waals surface area contributed by atoms with E-state index in [0.717, 1.165) is 13.1 Å².